The lowest BCUT2D eigenvalue weighted by atomic mass is 10.2. The van der Waals surface area contributed by atoms with Gasteiger partial charge in [0.2, 0.25) is 11.8 Å². The Hall–Kier alpha value is -3.06. The molecule has 3 rings (SSSR count). The lowest BCUT2D eigenvalue weighted by Crippen LogP contribution is -2.13. The average Bonchev–Trinajstić information content (AvgIpc) is 3.05. The molecule has 0 saturated heterocycles. The van der Waals surface area contributed by atoms with E-state index in [9.17, 15) is 9.59 Å². The summed E-state index contributed by atoms with van der Waals surface area (Å²) in [5.41, 5.74) is 8.67. The standard InChI is InChI=1S/C19H18N4O2S/c1-13(24)21-15-7-9-16(10-8-15)23-11-17(14-5-3-2-4-6-14)22-19(23)26-12-18(20)25/h2-11H,12H2,1H3,(H2,20,25)(H,21,24). The van der Waals surface area contributed by atoms with Crippen molar-refractivity contribution >= 4 is 29.3 Å². The number of primary amides is 1. The average molecular weight is 366 g/mol. The second-order valence-corrected chi connectivity index (χ2v) is 6.57. The number of hydrogen-bond donors (Lipinski definition) is 2. The number of anilines is 1. The predicted molar refractivity (Wildman–Crippen MR) is 103 cm³/mol. The molecule has 7 heteroatoms. The van der Waals surface area contributed by atoms with E-state index in [1.165, 1.54) is 18.7 Å². The second-order valence-electron chi connectivity index (χ2n) is 5.63. The van der Waals surface area contributed by atoms with E-state index >= 15 is 0 Å². The van der Waals surface area contributed by atoms with Gasteiger partial charge in [-0.25, -0.2) is 4.98 Å². The summed E-state index contributed by atoms with van der Waals surface area (Å²) in [7, 11) is 0. The Morgan fingerprint density at radius 3 is 2.42 bits per heavy atom. The van der Waals surface area contributed by atoms with Crippen LogP contribution in [0, 0.1) is 0 Å². The summed E-state index contributed by atoms with van der Waals surface area (Å²) < 4.78 is 1.91. The third kappa shape index (κ3) is 4.31. The molecule has 1 heterocycles. The van der Waals surface area contributed by atoms with E-state index in [0.717, 1.165) is 22.6 Å². The van der Waals surface area contributed by atoms with Crippen molar-refractivity contribution in [2.24, 2.45) is 5.73 Å². The number of aromatic nitrogens is 2. The highest BCUT2D eigenvalue weighted by Crippen LogP contribution is 2.27. The van der Waals surface area contributed by atoms with Crippen LogP contribution >= 0.6 is 11.8 Å². The molecule has 0 saturated carbocycles. The predicted octanol–water partition coefficient (Wildman–Crippen LogP) is 3.08. The third-order valence-corrected chi connectivity index (χ3v) is 4.53. The highest BCUT2D eigenvalue weighted by molar-refractivity contribution is 7.99. The van der Waals surface area contributed by atoms with Crippen molar-refractivity contribution in [3.05, 3.63) is 60.8 Å². The molecule has 132 valence electrons. The van der Waals surface area contributed by atoms with E-state index in [2.05, 4.69) is 10.3 Å². The Labute approximate surface area is 155 Å². The molecule has 0 bridgehead atoms. The molecule has 0 atom stereocenters. The van der Waals surface area contributed by atoms with Crippen LogP contribution in [-0.2, 0) is 9.59 Å². The summed E-state index contributed by atoms with van der Waals surface area (Å²) in [5, 5.41) is 3.41. The van der Waals surface area contributed by atoms with Gasteiger partial charge >= 0.3 is 0 Å². The van der Waals surface area contributed by atoms with E-state index in [4.69, 9.17) is 5.73 Å². The van der Waals surface area contributed by atoms with Gasteiger partial charge < -0.3 is 11.1 Å². The van der Waals surface area contributed by atoms with Gasteiger partial charge in [-0.15, -0.1) is 0 Å². The van der Waals surface area contributed by atoms with Gasteiger partial charge in [-0.05, 0) is 24.3 Å². The van der Waals surface area contributed by atoms with Crippen LogP contribution < -0.4 is 11.1 Å². The van der Waals surface area contributed by atoms with E-state index in [1.54, 1.807) is 0 Å². The summed E-state index contributed by atoms with van der Waals surface area (Å²) in [4.78, 5) is 27.0. The first-order valence-electron chi connectivity index (χ1n) is 7.97. The SMILES string of the molecule is CC(=O)Nc1ccc(-n2cc(-c3ccccc3)nc2SCC(N)=O)cc1. The first kappa shape index (κ1) is 17.8. The van der Waals surface area contributed by atoms with E-state index in [-0.39, 0.29) is 11.7 Å². The normalized spacial score (nSPS) is 10.5. The van der Waals surface area contributed by atoms with Gasteiger partial charge in [-0.3, -0.25) is 14.2 Å². The van der Waals surface area contributed by atoms with Crippen LogP contribution in [0.1, 0.15) is 6.92 Å². The minimum absolute atomic E-state index is 0.121. The summed E-state index contributed by atoms with van der Waals surface area (Å²) in [5.74, 6) is -0.369. The molecule has 0 fully saturated rings. The molecule has 6 nitrogen and oxygen atoms in total. The largest absolute Gasteiger partial charge is 0.369 e. The van der Waals surface area contributed by atoms with Crippen molar-refractivity contribution in [2.75, 3.05) is 11.1 Å². The van der Waals surface area contributed by atoms with Crippen molar-refractivity contribution in [2.45, 2.75) is 12.1 Å². The second kappa shape index (κ2) is 7.88. The molecule has 2 amide bonds. The van der Waals surface area contributed by atoms with E-state index in [0.29, 0.717) is 5.16 Å². The molecule has 0 spiro atoms. The number of carbonyl (C=O) groups excluding carboxylic acids is 2. The number of rotatable bonds is 6. The quantitative estimate of drug-likeness (QED) is 0.656. The number of nitrogens with one attached hydrogen (secondary N) is 1. The van der Waals surface area contributed by atoms with Gasteiger partial charge in [0.25, 0.3) is 0 Å². The van der Waals surface area contributed by atoms with Crippen LogP contribution in [-0.4, -0.2) is 27.1 Å². The van der Waals surface area contributed by atoms with Crippen molar-refractivity contribution in [3.63, 3.8) is 0 Å². The maximum atomic E-state index is 11.2. The van der Waals surface area contributed by atoms with Crippen LogP contribution in [0.5, 0.6) is 0 Å². The molecule has 0 aliphatic heterocycles. The van der Waals surface area contributed by atoms with Crippen molar-refractivity contribution < 1.29 is 9.59 Å². The van der Waals surface area contributed by atoms with Gasteiger partial charge in [-0.2, -0.15) is 0 Å². The number of carbonyl (C=O) groups is 2. The fourth-order valence-electron chi connectivity index (χ4n) is 2.44. The number of amides is 2. The van der Waals surface area contributed by atoms with Crippen LogP contribution in [0.2, 0.25) is 0 Å². The maximum absolute atomic E-state index is 11.2. The van der Waals surface area contributed by atoms with Crippen LogP contribution in [0.15, 0.2) is 66.0 Å². The minimum Gasteiger partial charge on any atom is -0.369 e. The molecule has 0 unspecified atom stereocenters. The van der Waals surface area contributed by atoms with Crippen molar-refractivity contribution in [1.29, 1.82) is 0 Å². The monoisotopic (exact) mass is 366 g/mol. The molecule has 3 N–H and O–H groups in total. The Kier molecular flexibility index (Phi) is 5.38. The Bertz CT molecular complexity index is 920. The van der Waals surface area contributed by atoms with Gasteiger partial charge in [0, 0.05) is 30.1 Å². The lowest BCUT2D eigenvalue weighted by molar-refractivity contribution is -0.116. The maximum Gasteiger partial charge on any atom is 0.227 e. The molecular weight excluding hydrogens is 348 g/mol. The summed E-state index contributed by atoms with van der Waals surface area (Å²) >= 11 is 1.29. The number of thioether (sulfide) groups is 1. The van der Waals surface area contributed by atoms with Crippen LogP contribution in [0.4, 0.5) is 5.69 Å². The first-order valence-corrected chi connectivity index (χ1v) is 8.95. The molecule has 0 aliphatic carbocycles. The summed E-state index contributed by atoms with van der Waals surface area (Å²) in [6.45, 7) is 1.47. The topological polar surface area (TPSA) is 90.0 Å². The molecule has 0 aliphatic rings. The summed E-state index contributed by atoms with van der Waals surface area (Å²) in [6.07, 6.45) is 1.92. The fourth-order valence-corrected chi connectivity index (χ4v) is 3.17. The van der Waals surface area contributed by atoms with Gasteiger partial charge in [0.05, 0.1) is 11.4 Å². The van der Waals surface area contributed by atoms with Gasteiger partial charge in [0.15, 0.2) is 5.16 Å². The van der Waals surface area contributed by atoms with E-state index in [1.807, 2.05) is 65.4 Å². The first-order chi connectivity index (χ1) is 12.5. The number of nitrogens with two attached hydrogens (primary N) is 1. The number of nitrogens with zero attached hydrogens (tertiary/aromatic N) is 2. The van der Waals surface area contributed by atoms with Crippen LogP contribution in [0.3, 0.4) is 0 Å². The zero-order valence-electron chi connectivity index (χ0n) is 14.2. The summed E-state index contributed by atoms with van der Waals surface area (Å²) in [6, 6.07) is 17.2. The van der Waals surface area contributed by atoms with Crippen molar-refractivity contribution in [3.8, 4) is 16.9 Å². The molecule has 2 aromatic carbocycles. The highest BCUT2D eigenvalue weighted by Gasteiger charge is 2.13. The number of benzene rings is 2. The zero-order valence-corrected chi connectivity index (χ0v) is 15.0. The van der Waals surface area contributed by atoms with Gasteiger partial charge in [-0.1, -0.05) is 42.1 Å². The Morgan fingerprint density at radius 1 is 1.12 bits per heavy atom. The van der Waals surface area contributed by atoms with Gasteiger partial charge in [0.1, 0.15) is 0 Å². The highest BCUT2D eigenvalue weighted by atomic mass is 32.2. The number of imidazole rings is 1. The number of hydrogen-bond acceptors (Lipinski definition) is 4. The van der Waals surface area contributed by atoms with Crippen LogP contribution in [0.25, 0.3) is 16.9 Å². The fraction of sp³-hybridized carbons (Fsp3) is 0.105. The zero-order chi connectivity index (χ0) is 18.5. The Morgan fingerprint density at radius 2 is 1.81 bits per heavy atom. The molecular formula is C19H18N4O2S. The molecule has 0 radical (unpaired) electrons. The third-order valence-electron chi connectivity index (χ3n) is 3.55. The molecule has 1 aromatic heterocycles. The molecule has 3 aromatic rings. The lowest BCUT2D eigenvalue weighted by Gasteiger charge is -2.08. The Balaban J connectivity index is 1.96. The smallest absolute Gasteiger partial charge is 0.227 e. The van der Waals surface area contributed by atoms with Crippen molar-refractivity contribution in [1.82, 2.24) is 9.55 Å². The van der Waals surface area contributed by atoms with E-state index < -0.39 is 5.91 Å². The minimum atomic E-state index is -0.396. The molecule has 26 heavy (non-hydrogen) atoms.